The van der Waals surface area contributed by atoms with Gasteiger partial charge in [-0.05, 0) is 59.8 Å². The molecule has 1 heterocycles. The maximum Gasteiger partial charge on any atom is 0.416 e. The monoisotopic (exact) mass is 485 g/mol. The number of rotatable bonds is 5. The van der Waals surface area contributed by atoms with Crippen LogP contribution >= 0.6 is 11.8 Å². The summed E-state index contributed by atoms with van der Waals surface area (Å²) in [5.74, 6) is -0.447. The van der Waals surface area contributed by atoms with E-state index >= 15 is 0 Å². The molecule has 1 amide bonds. The van der Waals surface area contributed by atoms with E-state index in [9.17, 15) is 28.1 Å². The number of amidine groups is 1. The van der Waals surface area contributed by atoms with Gasteiger partial charge in [0.05, 0.1) is 21.1 Å². The van der Waals surface area contributed by atoms with E-state index in [1.54, 1.807) is 30.3 Å². The number of ether oxygens (including phenoxy) is 1. The summed E-state index contributed by atoms with van der Waals surface area (Å²) in [6.07, 6.45) is -3.08. The number of halogens is 3. The van der Waals surface area contributed by atoms with Crippen LogP contribution < -0.4 is 10.1 Å². The first kappa shape index (κ1) is 23.1. The number of hydrogen-bond acceptors (Lipinski definition) is 6. The predicted octanol–water partition coefficient (Wildman–Crippen LogP) is 6.30. The minimum Gasteiger partial charge on any atom is -0.450 e. The number of nitro benzene ring substituents is 1. The zero-order chi connectivity index (χ0) is 24.3. The van der Waals surface area contributed by atoms with Crippen LogP contribution in [0.1, 0.15) is 11.1 Å². The molecule has 0 bridgehead atoms. The Morgan fingerprint density at radius 2 is 1.74 bits per heavy atom. The first-order valence-corrected chi connectivity index (χ1v) is 10.5. The Labute approximate surface area is 195 Å². The van der Waals surface area contributed by atoms with Gasteiger partial charge in [-0.2, -0.15) is 13.2 Å². The van der Waals surface area contributed by atoms with Crippen LogP contribution in [0.15, 0.2) is 82.7 Å². The Morgan fingerprint density at radius 1 is 1.03 bits per heavy atom. The van der Waals surface area contributed by atoms with E-state index in [-0.39, 0.29) is 17.4 Å². The summed E-state index contributed by atoms with van der Waals surface area (Å²) < 4.78 is 44.0. The molecular formula is C23H14F3N3O4S. The van der Waals surface area contributed by atoms with Crippen molar-refractivity contribution in [3.05, 3.63) is 98.9 Å². The molecule has 0 aliphatic carbocycles. The van der Waals surface area contributed by atoms with E-state index in [1.807, 2.05) is 18.2 Å². The second-order valence-corrected chi connectivity index (χ2v) is 7.96. The highest BCUT2D eigenvalue weighted by Gasteiger charge is 2.33. The Morgan fingerprint density at radius 3 is 2.38 bits per heavy atom. The SMILES string of the molecule is O=C1NC(=Nc2ccccc2)S/C1=C/c1ccc(Oc2ccc(C(F)(F)F)cc2[N+](=O)[O-])cc1. The van der Waals surface area contributed by atoms with Crippen molar-refractivity contribution in [2.45, 2.75) is 6.18 Å². The summed E-state index contributed by atoms with van der Waals surface area (Å²) in [4.78, 5) is 27.3. The summed E-state index contributed by atoms with van der Waals surface area (Å²) in [5.41, 5.74) is -0.598. The fourth-order valence-electron chi connectivity index (χ4n) is 2.93. The van der Waals surface area contributed by atoms with Crippen LogP contribution in [0.5, 0.6) is 11.5 Å². The molecule has 0 aromatic heterocycles. The second-order valence-electron chi connectivity index (χ2n) is 6.93. The first-order valence-electron chi connectivity index (χ1n) is 9.67. The van der Waals surface area contributed by atoms with E-state index in [0.29, 0.717) is 33.5 Å². The minimum atomic E-state index is -4.71. The molecule has 34 heavy (non-hydrogen) atoms. The number of hydrogen-bond donors (Lipinski definition) is 1. The largest absolute Gasteiger partial charge is 0.450 e. The predicted molar refractivity (Wildman–Crippen MR) is 122 cm³/mol. The molecule has 1 fully saturated rings. The molecule has 7 nitrogen and oxygen atoms in total. The summed E-state index contributed by atoms with van der Waals surface area (Å²) in [7, 11) is 0. The number of benzene rings is 3. The number of carbonyl (C=O) groups is 1. The van der Waals surface area contributed by atoms with Gasteiger partial charge in [0, 0.05) is 6.07 Å². The molecule has 3 aromatic rings. The molecular weight excluding hydrogens is 471 g/mol. The van der Waals surface area contributed by atoms with Crippen LogP contribution in [0.25, 0.3) is 6.08 Å². The first-order chi connectivity index (χ1) is 16.2. The Balaban J connectivity index is 1.50. The van der Waals surface area contributed by atoms with Crippen molar-refractivity contribution >= 4 is 40.3 Å². The minimum absolute atomic E-state index is 0.180. The number of nitrogens with one attached hydrogen (secondary N) is 1. The second kappa shape index (κ2) is 9.40. The third kappa shape index (κ3) is 5.44. The van der Waals surface area contributed by atoms with Crippen LogP contribution in [-0.2, 0) is 11.0 Å². The maximum absolute atomic E-state index is 12.9. The smallest absolute Gasteiger partial charge is 0.416 e. The third-order valence-corrected chi connectivity index (χ3v) is 5.44. The normalized spacial score (nSPS) is 16.0. The molecule has 0 saturated carbocycles. The van der Waals surface area contributed by atoms with Gasteiger partial charge in [0.1, 0.15) is 5.75 Å². The fourth-order valence-corrected chi connectivity index (χ4v) is 3.78. The zero-order valence-electron chi connectivity index (χ0n) is 17.1. The average molecular weight is 485 g/mol. The number of nitrogens with zero attached hydrogens (tertiary/aromatic N) is 2. The highest BCUT2D eigenvalue weighted by atomic mass is 32.2. The van der Waals surface area contributed by atoms with Gasteiger partial charge >= 0.3 is 11.9 Å². The number of alkyl halides is 3. The van der Waals surface area contributed by atoms with E-state index in [4.69, 9.17) is 4.74 Å². The standard InChI is InChI=1S/C23H14F3N3O4S/c24-23(25,26)15-8-11-19(18(13-15)29(31)32)33-17-9-6-14(7-10-17)12-20-21(30)28-22(34-20)27-16-4-2-1-3-5-16/h1-13H,(H,27,28,30)/b20-12+. The summed E-state index contributed by atoms with van der Waals surface area (Å²) in [5, 5.41) is 14.3. The van der Waals surface area contributed by atoms with Crippen molar-refractivity contribution in [1.29, 1.82) is 0 Å². The van der Waals surface area contributed by atoms with Gasteiger partial charge in [0.2, 0.25) is 5.75 Å². The van der Waals surface area contributed by atoms with Crippen molar-refractivity contribution in [3.63, 3.8) is 0 Å². The summed E-state index contributed by atoms with van der Waals surface area (Å²) in [6.45, 7) is 0. The van der Waals surface area contributed by atoms with Crippen molar-refractivity contribution < 1.29 is 27.6 Å². The average Bonchev–Trinajstić information content (AvgIpc) is 3.13. The van der Waals surface area contributed by atoms with Crippen molar-refractivity contribution in [2.24, 2.45) is 4.99 Å². The molecule has 1 N–H and O–H groups in total. The molecule has 0 radical (unpaired) electrons. The molecule has 0 unspecified atom stereocenters. The Bertz CT molecular complexity index is 1310. The Hall–Kier alpha value is -4.12. The highest BCUT2D eigenvalue weighted by Crippen LogP contribution is 2.38. The van der Waals surface area contributed by atoms with Crippen molar-refractivity contribution in [1.82, 2.24) is 5.32 Å². The molecule has 1 saturated heterocycles. The van der Waals surface area contributed by atoms with E-state index in [1.165, 1.54) is 23.9 Å². The van der Waals surface area contributed by atoms with Crippen LogP contribution in [0.3, 0.4) is 0 Å². The zero-order valence-corrected chi connectivity index (χ0v) is 17.9. The molecule has 4 rings (SSSR count). The van der Waals surface area contributed by atoms with Gasteiger partial charge < -0.3 is 10.1 Å². The Kier molecular flexibility index (Phi) is 6.37. The number of amides is 1. The van der Waals surface area contributed by atoms with Gasteiger partial charge in [-0.3, -0.25) is 14.9 Å². The number of aliphatic imine (C=N–C) groups is 1. The molecule has 11 heteroatoms. The van der Waals surface area contributed by atoms with Gasteiger partial charge in [-0.25, -0.2) is 4.99 Å². The van der Waals surface area contributed by atoms with Gasteiger partial charge in [-0.15, -0.1) is 0 Å². The summed E-state index contributed by atoms with van der Waals surface area (Å²) >= 11 is 1.18. The van der Waals surface area contributed by atoms with Gasteiger partial charge in [0.15, 0.2) is 5.17 Å². The molecule has 0 spiro atoms. The quantitative estimate of drug-likeness (QED) is 0.260. The van der Waals surface area contributed by atoms with E-state index < -0.39 is 22.4 Å². The molecule has 1 aliphatic rings. The van der Waals surface area contributed by atoms with E-state index in [2.05, 4.69) is 10.3 Å². The number of nitro groups is 1. The maximum atomic E-state index is 12.9. The molecule has 3 aromatic carbocycles. The lowest BCUT2D eigenvalue weighted by Crippen LogP contribution is -2.19. The lowest BCUT2D eigenvalue weighted by molar-refractivity contribution is -0.385. The lowest BCUT2D eigenvalue weighted by atomic mass is 10.1. The van der Waals surface area contributed by atoms with Crippen LogP contribution in [-0.4, -0.2) is 16.0 Å². The number of carbonyl (C=O) groups excluding carboxylic acids is 1. The third-order valence-electron chi connectivity index (χ3n) is 4.53. The topological polar surface area (TPSA) is 93.8 Å². The lowest BCUT2D eigenvalue weighted by Gasteiger charge is -2.10. The highest BCUT2D eigenvalue weighted by molar-refractivity contribution is 8.18. The number of thioether (sulfide) groups is 1. The fraction of sp³-hybridized carbons (Fsp3) is 0.0435. The van der Waals surface area contributed by atoms with E-state index in [0.717, 1.165) is 6.07 Å². The molecule has 172 valence electrons. The molecule has 1 aliphatic heterocycles. The van der Waals surface area contributed by atoms with Crippen molar-refractivity contribution in [2.75, 3.05) is 0 Å². The van der Waals surface area contributed by atoms with Crippen LogP contribution in [0.4, 0.5) is 24.5 Å². The van der Waals surface area contributed by atoms with Crippen LogP contribution in [0.2, 0.25) is 0 Å². The van der Waals surface area contributed by atoms with Crippen molar-refractivity contribution in [3.8, 4) is 11.5 Å². The van der Waals surface area contributed by atoms with Gasteiger partial charge in [-0.1, -0.05) is 30.3 Å². The summed E-state index contributed by atoms with van der Waals surface area (Å²) in [6, 6.07) is 17.4. The molecule has 0 atom stereocenters. The van der Waals surface area contributed by atoms with Gasteiger partial charge in [0.25, 0.3) is 5.91 Å². The van der Waals surface area contributed by atoms with Crippen LogP contribution in [0, 0.1) is 10.1 Å². The number of para-hydroxylation sites is 1.